The first-order chi connectivity index (χ1) is 14.0. The number of unbranched alkanes of at least 4 members (excludes halogenated alkanes) is 1. The Balaban J connectivity index is 1.81. The third-order valence-corrected chi connectivity index (χ3v) is 4.63. The lowest BCUT2D eigenvalue weighted by molar-refractivity contribution is -0.123. The number of benzene rings is 2. The zero-order valence-corrected chi connectivity index (χ0v) is 17.4. The van der Waals surface area contributed by atoms with Crippen LogP contribution in [0.15, 0.2) is 48.5 Å². The van der Waals surface area contributed by atoms with Gasteiger partial charge in [-0.3, -0.25) is 20.4 Å². The predicted molar refractivity (Wildman–Crippen MR) is 113 cm³/mol. The van der Waals surface area contributed by atoms with Gasteiger partial charge in [-0.15, -0.1) is 0 Å². The van der Waals surface area contributed by atoms with E-state index in [4.69, 9.17) is 9.47 Å². The summed E-state index contributed by atoms with van der Waals surface area (Å²) in [5.74, 6) is 0.687. The van der Waals surface area contributed by atoms with Gasteiger partial charge in [0.1, 0.15) is 11.5 Å². The van der Waals surface area contributed by atoms with Gasteiger partial charge in [-0.05, 0) is 48.6 Å². The van der Waals surface area contributed by atoms with Crippen molar-refractivity contribution in [3.05, 3.63) is 59.7 Å². The van der Waals surface area contributed by atoms with Crippen molar-refractivity contribution in [3.8, 4) is 11.5 Å². The molecule has 0 aromatic heterocycles. The van der Waals surface area contributed by atoms with Gasteiger partial charge in [-0.1, -0.05) is 51.5 Å². The number of hydrazine groups is 1. The number of amides is 2. The maximum Gasteiger partial charge on any atom is 0.276 e. The van der Waals surface area contributed by atoms with Gasteiger partial charge >= 0.3 is 0 Å². The van der Waals surface area contributed by atoms with Crippen LogP contribution < -0.4 is 20.3 Å². The van der Waals surface area contributed by atoms with Gasteiger partial charge in [-0.2, -0.15) is 0 Å². The summed E-state index contributed by atoms with van der Waals surface area (Å²) in [5, 5.41) is 0. The highest BCUT2D eigenvalue weighted by Crippen LogP contribution is 2.21. The zero-order chi connectivity index (χ0) is 21.1. The van der Waals surface area contributed by atoms with Crippen molar-refractivity contribution < 1.29 is 19.1 Å². The summed E-state index contributed by atoms with van der Waals surface area (Å²) < 4.78 is 11.1. The molecule has 0 heterocycles. The first kappa shape index (κ1) is 22.3. The number of rotatable bonds is 10. The van der Waals surface area contributed by atoms with E-state index in [1.165, 1.54) is 5.56 Å². The minimum Gasteiger partial charge on any atom is -0.493 e. The molecule has 0 saturated heterocycles. The molecule has 0 aliphatic rings. The van der Waals surface area contributed by atoms with Gasteiger partial charge < -0.3 is 9.47 Å². The Morgan fingerprint density at radius 2 is 1.69 bits per heavy atom. The minimum atomic E-state index is -0.450. The molecule has 0 spiro atoms. The monoisotopic (exact) mass is 398 g/mol. The van der Waals surface area contributed by atoms with Crippen LogP contribution in [0.4, 0.5) is 0 Å². The molecule has 1 atom stereocenters. The quantitative estimate of drug-likeness (QED) is 0.464. The van der Waals surface area contributed by atoms with Crippen molar-refractivity contribution in [1.29, 1.82) is 0 Å². The Morgan fingerprint density at radius 1 is 0.966 bits per heavy atom. The van der Waals surface area contributed by atoms with Crippen molar-refractivity contribution >= 4 is 11.8 Å². The molecule has 2 aromatic rings. The van der Waals surface area contributed by atoms with Crippen LogP contribution in [0, 0.1) is 0 Å². The average molecular weight is 399 g/mol. The molecule has 2 rings (SSSR count). The topological polar surface area (TPSA) is 76.7 Å². The van der Waals surface area contributed by atoms with E-state index in [9.17, 15) is 9.59 Å². The molecule has 6 nitrogen and oxygen atoms in total. The number of hydrogen-bond donors (Lipinski definition) is 2. The van der Waals surface area contributed by atoms with Crippen LogP contribution in [0.1, 0.15) is 61.9 Å². The summed E-state index contributed by atoms with van der Waals surface area (Å²) in [6, 6.07) is 14.6. The molecule has 2 aromatic carbocycles. The van der Waals surface area contributed by atoms with E-state index in [1.54, 1.807) is 24.3 Å². The third kappa shape index (κ3) is 7.14. The Bertz CT molecular complexity index is 790. The predicted octanol–water partition coefficient (Wildman–Crippen LogP) is 4.22. The second-order valence-corrected chi connectivity index (χ2v) is 6.87. The fourth-order valence-corrected chi connectivity index (χ4v) is 2.61. The summed E-state index contributed by atoms with van der Waals surface area (Å²) in [7, 11) is 0. The Labute approximate surface area is 172 Å². The normalized spacial score (nSPS) is 11.4. The van der Waals surface area contributed by atoms with Gasteiger partial charge in [0.15, 0.2) is 6.61 Å². The SMILES string of the molecule is CCCCOc1ccccc1C(=O)NNC(=O)COc1ccc([C@@H](C)CC)cc1. The molecular weight excluding hydrogens is 368 g/mol. The Kier molecular flexibility index (Phi) is 9.02. The van der Waals surface area contributed by atoms with Crippen LogP contribution >= 0.6 is 0 Å². The van der Waals surface area contributed by atoms with E-state index < -0.39 is 11.8 Å². The number of para-hydroxylation sites is 1. The summed E-state index contributed by atoms with van der Waals surface area (Å²) in [6.07, 6.45) is 2.97. The van der Waals surface area contributed by atoms with E-state index in [1.807, 2.05) is 24.3 Å². The van der Waals surface area contributed by atoms with Crippen molar-refractivity contribution in [3.63, 3.8) is 0 Å². The molecule has 2 amide bonds. The van der Waals surface area contributed by atoms with Crippen LogP contribution in [0.5, 0.6) is 11.5 Å². The fraction of sp³-hybridized carbons (Fsp3) is 0.391. The average Bonchev–Trinajstić information content (AvgIpc) is 2.76. The molecule has 156 valence electrons. The summed E-state index contributed by atoms with van der Waals surface area (Å²) in [6.45, 7) is 6.72. The van der Waals surface area contributed by atoms with Crippen molar-refractivity contribution in [1.82, 2.24) is 10.9 Å². The number of hydrogen-bond acceptors (Lipinski definition) is 4. The Morgan fingerprint density at radius 3 is 2.38 bits per heavy atom. The molecule has 2 N–H and O–H groups in total. The Hall–Kier alpha value is -3.02. The standard InChI is InChI=1S/C23H30N2O4/c1-4-6-15-28-21-10-8-7-9-20(21)23(27)25-24-22(26)16-29-19-13-11-18(12-14-19)17(3)5-2/h7-14,17H,4-6,15-16H2,1-3H3,(H,24,26)(H,25,27)/t17-/m0/s1. The van der Waals surface area contributed by atoms with E-state index in [2.05, 4.69) is 31.6 Å². The number of carbonyl (C=O) groups excluding carboxylic acids is 2. The highest BCUT2D eigenvalue weighted by molar-refractivity contribution is 5.97. The molecule has 0 aliphatic heterocycles. The van der Waals surface area contributed by atoms with Gasteiger partial charge in [0.25, 0.3) is 11.8 Å². The molecular formula is C23H30N2O4. The van der Waals surface area contributed by atoms with Gasteiger partial charge in [-0.25, -0.2) is 0 Å². The smallest absolute Gasteiger partial charge is 0.276 e. The summed E-state index contributed by atoms with van der Waals surface area (Å²) >= 11 is 0. The molecule has 0 unspecified atom stereocenters. The van der Waals surface area contributed by atoms with E-state index in [0.717, 1.165) is 19.3 Å². The maximum atomic E-state index is 12.4. The molecule has 0 fully saturated rings. The van der Waals surface area contributed by atoms with Crippen LogP contribution in [0.25, 0.3) is 0 Å². The second kappa shape index (κ2) is 11.7. The van der Waals surface area contributed by atoms with Crippen LogP contribution in [-0.4, -0.2) is 25.0 Å². The van der Waals surface area contributed by atoms with Crippen LogP contribution in [0.3, 0.4) is 0 Å². The van der Waals surface area contributed by atoms with E-state index in [0.29, 0.717) is 29.6 Å². The second-order valence-electron chi connectivity index (χ2n) is 6.87. The number of ether oxygens (including phenoxy) is 2. The van der Waals surface area contributed by atoms with Gasteiger partial charge in [0.2, 0.25) is 0 Å². The highest BCUT2D eigenvalue weighted by atomic mass is 16.5. The van der Waals surface area contributed by atoms with Crippen LogP contribution in [-0.2, 0) is 4.79 Å². The van der Waals surface area contributed by atoms with Gasteiger partial charge in [0, 0.05) is 0 Å². The number of carbonyl (C=O) groups is 2. The number of nitrogens with one attached hydrogen (secondary N) is 2. The first-order valence-electron chi connectivity index (χ1n) is 10.1. The first-order valence-corrected chi connectivity index (χ1v) is 10.1. The maximum absolute atomic E-state index is 12.4. The molecule has 0 saturated carbocycles. The fourth-order valence-electron chi connectivity index (χ4n) is 2.61. The van der Waals surface area contributed by atoms with Crippen molar-refractivity contribution in [2.75, 3.05) is 13.2 Å². The van der Waals surface area contributed by atoms with E-state index in [-0.39, 0.29) is 6.61 Å². The van der Waals surface area contributed by atoms with E-state index >= 15 is 0 Å². The molecule has 0 radical (unpaired) electrons. The lowest BCUT2D eigenvalue weighted by atomic mass is 9.99. The largest absolute Gasteiger partial charge is 0.493 e. The summed E-state index contributed by atoms with van der Waals surface area (Å²) in [4.78, 5) is 24.3. The lowest BCUT2D eigenvalue weighted by Crippen LogP contribution is -2.43. The van der Waals surface area contributed by atoms with Crippen LogP contribution in [0.2, 0.25) is 0 Å². The highest BCUT2D eigenvalue weighted by Gasteiger charge is 2.13. The minimum absolute atomic E-state index is 0.197. The third-order valence-electron chi connectivity index (χ3n) is 4.63. The zero-order valence-electron chi connectivity index (χ0n) is 17.4. The lowest BCUT2D eigenvalue weighted by Gasteiger charge is -2.13. The molecule has 6 heteroatoms. The summed E-state index contributed by atoms with van der Waals surface area (Å²) in [5.41, 5.74) is 6.36. The molecule has 29 heavy (non-hydrogen) atoms. The van der Waals surface area contributed by atoms with Crippen molar-refractivity contribution in [2.24, 2.45) is 0 Å². The van der Waals surface area contributed by atoms with Crippen molar-refractivity contribution in [2.45, 2.75) is 46.0 Å². The molecule has 0 aliphatic carbocycles. The van der Waals surface area contributed by atoms with Gasteiger partial charge in [0.05, 0.1) is 12.2 Å². The molecule has 0 bridgehead atoms.